The Morgan fingerprint density at radius 2 is 1.89 bits per heavy atom. The molecule has 0 bridgehead atoms. The van der Waals surface area contributed by atoms with Crippen molar-refractivity contribution < 1.29 is 4.79 Å². The minimum Gasteiger partial charge on any atom is -0.338 e. The molecule has 0 amide bonds. The van der Waals surface area contributed by atoms with E-state index in [0.29, 0.717) is 5.56 Å². The van der Waals surface area contributed by atoms with Gasteiger partial charge in [0, 0.05) is 37.4 Å². The van der Waals surface area contributed by atoms with Crippen LogP contribution in [0.1, 0.15) is 16.2 Å². The van der Waals surface area contributed by atoms with E-state index in [-0.39, 0.29) is 12.2 Å². The first-order chi connectivity index (χ1) is 9.24. The molecule has 0 saturated heterocycles. The zero-order valence-corrected chi connectivity index (χ0v) is 10.4. The predicted molar refractivity (Wildman–Crippen MR) is 70.8 cm³/mol. The van der Waals surface area contributed by atoms with Gasteiger partial charge in [0.1, 0.15) is 5.82 Å². The van der Waals surface area contributed by atoms with Crippen molar-refractivity contribution in [1.29, 1.82) is 0 Å². The molecule has 0 radical (unpaired) electrons. The summed E-state index contributed by atoms with van der Waals surface area (Å²) in [5.41, 5.74) is 2.15. The summed E-state index contributed by atoms with van der Waals surface area (Å²) in [6.07, 6.45) is 7.06. The molecule has 5 heteroatoms. The molecule has 3 aromatic rings. The number of imidazole rings is 1. The molecule has 5 nitrogen and oxygen atoms in total. The van der Waals surface area contributed by atoms with Gasteiger partial charge >= 0.3 is 0 Å². The quantitative estimate of drug-likeness (QED) is 0.667. The van der Waals surface area contributed by atoms with Gasteiger partial charge in [-0.2, -0.15) is 0 Å². The summed E-state index contributed by atoms with van der Waals surface area (Å²) >= 11 is 0. The van der Waals surface area contributed by atoms with Crippen molar-refractivity contribution in [3.8, 4) is 0 Å². The highest BCUT2D eigenvalue weighted by Crippen LogP contribution is 2.13. The first kappa shape index (κ1) is 11.5. The molecule has 0 aliphatic rings. The largest absolute Gasteiger partial charge is 0.338 e. The maximum Gasteiger partial charge on any atom is 0.170 e. The Kier molecular flexibility index (Phi) is 2.79. The van der Waals surface area contributed by atoms with Crippen molar-refractivity contribution >= 4 is 16.8 Å². The summed E-state index contributed by atoms with van der Waals surface area (Å²) in [6, 6.07) is 5.36. The fourth-order valence-corrected chi connectivity index (χ4v) is 1.95. The molecule has 0 unspecified atom stereocenters. The number of nitrogens with zero attached hydrogens (tertiary/aromatic N) is 4. The fourth-order valence-electron chi connectivity index (χ4n) is 1.95. The number of fused-ring (bicyclic) bond motifs is 1. The number of rotatable bonds is 3. The number of ketones is 1. The zero-order valence-electron chi connectivity index (χ0n) is 10.4. The first-order valence-electron chi connectivity index (χ1n) is 5.94. The normalized spacial score (nSPS) is 10.8. The zero-order chi connectivity index (χ0) is 13.2. The third kappa shape index (κ3) is 2.22. The molecule has 0 spiro atoms. The van der Waals surface area contributed by atoms with Crippen molar-refractivity contribution in [2.75, 3.05) is 0 Å². The van der Waals surface area contributed by atoms with E-state index in [2.05, 4.69) is 15.0 Å². The summed E-state index contributed by atoms with van der Waals surface area (Å²) in [6.45, 7) is 0. The third-order valence-corrected chi connectivity index (χ3v) is 3.03. The van der Waals surface area contributed by atoms with E-state index in [1.165, 1.54) is 0 Å². The molecule has 2 heterocycles. The summed E-state index contributed by atoms with van der Waals surface area (Å²) in [4.78, 5) is 24.7. The van der Waals surface area contributed by atoms with Gasteiger partial charge < -0.3 is 4.57 Å². The molecule has 0 N–H and O–H groups in total. The van der Waals surface area contributed by atoms with Crippen LogP contribution in [0.3, 0.4) is 0 Å². The van der Waals surface area contributed by atoms with E-state index in [9.17, 15) is 4.79 Å². The Hall–Kier alpha value is -2.56. The van der Waals surface area contributed by atoms with Gasteiger partial charge in [0.15, 0.2) is 5.78 Å². The Morgan fingerprint density at radius 3 is 2.63 bits per heavy atom. The van der Waals surface area contributed by atoms with E-state index in [0.717, 1.165) is 16.9 Å². The van der Waals surface area contributed by atoms with Crippen LogP contribution in [0, 0.1) is 0 Å². The van der Waals surface area contributed by atoms with E-state index < -0.39 is 0 Å². The van der Waals surface area contributed by atoms with Crippen LogP contribution in [-0.2, 0) is 13.5 Å². The third-order valence-electron chi connectivity index (χ3n) is 3.03. The van der Waals surface area contributed by atoms with Crippen LogP contribution >= 0.6 is 0 Å². The number of aryl methyl sites for hydroxylation is 1. The van der Waals surface area contributed by atoms with Crippen LogP contribution in [0.5, 0.6) is 0 Å². The molecule has 19 heavy (non-hydrogen) atoms. The van der Waals surface area contributed by atoms with Crippen LogP contribution in [0.4, 0.5) is 0 Å². The molecule has 1 aromatic carbocycles. The minimum absolute atomic E-state index is 0.0295. The Morgan fingerprint density at radius 1 is 1.11 bits per heavy atom. The average Bonchev–Trinajstić information content (AvgIpc) is 2.84. The van der Waals surface area contributed by atoms with E-state index in [4.69, 9.17) is 0 Å². The highest BCUT2D eigenvalue weighted by Gasteiger charge is 2.11. The number of aromatic nitrogens is 4. The topological polar surface area (TPSA) is 60.7 Å². The van der Waals surface area contributed by atoms with Crippen molar-refractivity contribution in [2.45, 2.75) is 6.42 Å². The number of carbonyl (C=O) groups is 1. The number of Topliss-reactive ketones (excluding diaryl/α,β-unsaturated/α-hetero) is 1. The predicted octanol–water partition coefficient (Wildman–Crippen LogP) is 1.79. The highest BCUT2D eigenvalue weighted by molar-refractivity contribution is 5.99. The van der Waals surface area contributed by atoms with Crippen LogP contribution < -0.4 is 0 Å². The molecule has 2 aromatic heterocycles. The fraction of sp³-hybridized carbons (Fsp3) is 0.143. The maximum absolute atomic E-state index is 12.2. The number of benzene rings is 1. The van der Waals surface area contributed by atoms with Crippen molar-refractivity contribution in [3.63, 3.8) is 0 Å². The van der Waals surface area contributed by atoms with Gasteiger partial charge in [0.05, 0.1) is 17.5 Å². The van der Waals surface area contributed by atoms with Gasteiger partial charge in [-0.1, -0.05) is 0 Å². The van der Waals surface area contributed by atoms with E-state index in [1.54, 1.807) is 30.7 Å². The number of carbonyl (C=O) groups excluding carboxylic acids is 1. The molecular formula is C14H12N4O. The Bertz CT molecular complexity index is 748. The summed E-state index contributed by atoms with van der Waals surface area (Å²) in [5, 5.41) is 0. The first-order valence-corrected chi connectivity index (χ1v) is 5.94. The van der Waals surface area contributed by atoms with Gasteiger partial charge in [0.2, 0.25) is 0 Å². The van der Waals surface area contributed by atoms with E-state index >= 15 is 0 Å². The van der Waals surface area contributed by atoms with Crippen molar-refractivity contribution in [3.05, 3.63) is 54.4 Å². The van der Waals surface area contributed by atoms with Gasteiger partial charge in [-0.3, -0.25) is 14.8 Å². The molecule has 0 saturated carbocycles. The Balaban J connectivity index is 1.91. The lowest BCUT2D eigenvalue weighted by molar-refractivity contribution is 0.0990. The van der Waals surface area contributed by atoms with Crippen LogP contribution in [-0.4, -0.2) is 25.3 Å². The smallest absolute Gasteiger partial charge is 0.170 e. The van der Waals surface area contributed by atoms with Gasteiger partial charge in [-0.15, -0.1) is 0 Å². The molecule has 0 fully saturated rings. The summed E-state index contributed by atoms with van der Waals surface area (Å²) in [7, 11) is 1.88. The summed E-state index contributed by atoms with van der Waals surface area (Å²) < 4.78 is 1.85. The molecule has 0 aliphatic carbocycles. The van der Waals surface area contributed by atoms with Crippen LogP contribution in [0.15, 0.2) is 43.0 Å². The standard InChI is InChI=1S/C14H12N4O/c1-18-7-6-17-14(18)9-13(19)10-2-3-11-12(8-10)16-5-4-15-11/h2-8H,9H2,1H3. The van der Waals surface area contributed by atoms with Gasteiger partial charge in [-0.25, -0.2) is 4.98 Å². The second-order valence-electron chi connectivity index (χ2n) is 4.31. The minimum atomic E-state index is 0.0295. The van der Waals surface area contributed by atoms with Gasteiger partial charge in [-0.05, 0) is 18.2 Å². The SMILES string of the molecule is Cn1ccnc1CC(=O)c1ccc2nccnc2c1. The highest BCUT2D eigenvalue weighted by atomic mass is 16.1. The molecule has 3 rings (SSSR count). The number of hydrogen-bond donors (Lipinski definition) is 0. The molecule has 0 atom stereocenters. The second-order valence-corrected chi connectivity index (χ2v) is 4.31. The van der Waals surface area contributed by atoms with E-state index in [1.807, 2.05) is 23.9 Å². The maximum atomic E-state index is 12.2. The van der Waals surface area contributed by atoms with Crippen molar-refractivity contribution in [2.24, 2.45) is 7.05 Å². The van der Waals surface area contributed by atoms with Crippen LogP contribution in [0.2, 0.25) is 0 Å². The number of hydrogen-bond acceptors (Lipinski definition) is 4. The van der Waals surface area contributed by atoms with Gasteiger partial charge in [0.25, 0.3) is 0 Å². The average molecular weight is 252 g/mol. The molecule has 0 aliphatic heterocycles. The monoisotopic (exact) mass is 252 g/mol. The van der Waals surface area contributed by atoms with Crippen molar-refractivity contribution in [1.82, 2.24) is 19.5 Å². The molecular weight excluding hydrogens is 240 g/mol. The van der Waals surface area contributed by atoms with Crippen LogP contribution in [0.25, 0.3) is 11.0 Å². The lowest BCUT2D eigenvalue weighted by Crippen LogP contribution is -2.08. The molecule has 94 valence electrons. The summed E-state index contributed by atoms with van der Waals surface area (Å²) in [5.74, 6) is 0.783. The second kappa shape index (κ2) is 4.61. The Labute approximate surface area is 110 Å². The lowest BCUT2D eigenvalue weighted by atomic mass is 10.1. The lowest BCUT2D eigenvalue weighted by Gasteiger charge is -2.03.